The molecule has 4 unspecified atom stereocenters. The van der Waals surface area contributed by atoms with Crippen molar-refractivity contribution >= 4 is 5.91 Å². The summed E-state index contributed by atoms with van der Waals surface area (Å²) in [5.74, 6) is 0.281. The number of likely N-dealkylation sites (tertiary alicyclic amines) is 1. The maximum absolute atomic E-state index is 12.1. The Labute approximate surface area is 94.9 Å². The number of rotatable bonds is 2. The lowest BCUT2D eigenvalue weighted by Crippen LogP contribution is -2.53. The number of hydrogen-bond acceptors (Lipinski definition) is 3. The van der Waals surface area contributed by atoms with Crippen molar-refractivity contribution in [3.8, 4) is 0 Å². The largest absolute Gasteiger partial charge is 0.373 e. The average molecular weight is 223 g/mol. The third kappa shape index (κ3) is 1.76. The van der Waals surface area contributed by atoms with E-state index in [1.165, 1.54) is 0 Å². The van der Waals surface area contributed by atoms with Gasteiger partial charge in [-0.1, -0.05) is 12.2 Å². The van der Waals surface area contributed by atoms with Gasteiger partial charge in [-0.05, 0) is 19.3 Å². The Bertz CT molecular complexity index is 324. The van der Waals surface area contributed by atoms with Gasteiger partial charge in [-0.3, -0.25) is 4.79 Å². The molecule has 0 spiro atoms. The molecule has 0 aromatic heterocycles. The van der Waals surface area contributed by atoms with E-state index in [0.717, 1.165) is 25.9 Å². The Morgan fingerprint density at radius 3 is 3.12 bits per heavy atom. The fraction of sp³-hybridized carbons (Fsp3) is 0.750. The monoisotopic (exact) mass is 223 g/mol. The number of hydrogen-bond donors (Lipinski definition) is 1. The van der Waals surface area contributed by atoms with Gasteiger partial charge in [0.25, 0.3) is 0 Å². The lowest BCUT2D eigenvalue weighted by Gasteiger charge is -2.40. The molecule has 2 heterocycles. The summed E-state index contributed by atoms with van der Waals surface area (Å²) in [4.78, 5) is 13.7. The second-order valence-corrected chi connectivity index (χ2v) is 4.97. The van der Waals surface area contributed by atoms with Crippen molar-refractivity contribution in [1.82, 2.24) is 4.90 Å². The Hall–Kier alpha value is -0.870. The normalized spacial score (nSPS) is 42.1. The molecule has 4 heteroatoms. The molecular formula is C12H17NO3. The minimum atomic E-state index is -0.604. The predicted octanol–water partition coefficient (Wildman–Crippen LogP) is 0.518. The Morgan fingerprint density at radius 2 is 2.38 bits per heavy atom. The van der Waals surface area contributed by atoms with Crippen LogP contribution in [0, 0.1) is 11.8 Å². The zero-order valence-electron chi connectivity index (χ0n) is 9.21. The molecule has 16 heavy (non-hydrogen) atoms. The van der Waals surface area contributed by atoms with Crippen molar-refractivity contribution in [3.63, 3.8) is 0 Å². The molecule has 0 saturated carbocycles. The summed E-state index contributed by atoms with van der Waals surface area (Å²) in [5, 5.41) is 10.2. The van der Waals surface area contributed by atoms with Crippen LogP contribution in [0.5, 0.6) is 0 Å². The van der Waals surface area contributed by atoms with Crippen LogP contribution in [0.1, 0.15) is 19.3 Å². The molecule has 2 aliphatic heterocycles. The number of ether oxygens (including phenoxy) is 1. The van der Waals surface area contributed by atoms with Crippen LogP contribution in [0.25, 0.3) is 0 Å². The molecule has 1 N–H and O–H groups in total. The SMILES string of the molecule is O=C1C2C=CCCC(C2)C(O)N1CC1CO1. The molecule has 88 valence electrons. The van der Waals surface area contributed by atoms with Crippen molar-refractivity contribution in [2.24, 2.45) is 11.8 Å². The molecule has 1 aliphatic carbocycles. The Balaban J connectivity index is 1.80. The first-order valence-electron chi connectivity index (χ1n) is 6.02. The number of allylic oxidation sites excluding steroid dienone is 1. The van der Waals surface area contributed by atoms with Gasteiger partial charge in [-0.25, -0.2) is 0 Å². The van der Waals surface area contributed by atoms with Crippen molar-refractivity contribution < 1.29 is 14.6 Å². The minimum absolute atomic E-state index is 0.0188. The van der Waals surface area contributed by atoms with E-state index in [9.17, 15) is 9.90 Å². The second kappa shape index (κ2) is 3.86. The molecule has 2 bridgehead atoms. The van der Waals surface area contributed by atoms with E-state index < -0.39 is 6.23 Å². The number of epoxide rings is 1. The summed E-state index contributed by atoms with van der Waals surface area (Å²) in [6, 6.07) is 0. The fourth-order valence-corrected chi connectivity index (χ4v) is 2.74. The lowest BCUT2D eigenvalue weighted by molar-refractivity contribution is -0.158. The van der Waals surface area contributed by atoms with Crippen molar-refractivity contribution in [1.29, 1.82) is 0 Å². The van der Waals surface area contributed by atoms with Crippen LogP contribution in [-0.2, 0) is 9.53 Å². The van der Waals surface area contributed by atoms with Crippen LogP contribution in [-0.4, -0.2) is 41.4 Å². The molecule has 4 atom stereocenters. The maximum Gasteiger partial charge on any atom is 0.231 e. The van der Waals surface area contributed by atoms with E-state index in [1.54, 1.807) is 4.90 Å². The number of aliphatic hydroxyl groups is 1. The molecule has 3 rings (SSSR count). The van der Waals surface area contributed by atoms with Gasteiger partial charge < -0.3 is 14.7 Å². The highest BCUT2D eigenvalue weighted by Crippen LogP contribution is 2.34. The quantitative estimate of drug-likeness (QED) is 0.548. The maximum atomic E-state index is 12.1. The van der Waals surface area contributed by atoms with Crippen LogP contribution >= 0.6 is 0 Å². The average Bonchev–Trinajstić information content (AvgIpc) is 3.09. The molecule has 3 aliphatic rings. The highest BCUT2D eigenvalue weighted by atomic mass is 16.6. The molecule has 2 fully saturated rings. The van der Waals surface area contributed by atoms with Crippen LogP contribution < -0.4 is 0 Å². The summed E-state index contributed by atoms with van der Waals surface area (Å²) in [6.45, 7) is 1.28. The summed E-state index contributed by atoms with van der Waals surface area (Å²) < 4.78 is 5.14. The van der Waals surface area contributed by atoms with Gasteiger partial charge >= 0.3 is 0 Å². The Morgan fingerprint density at radius 1 is 1.56 bits per heavy atom. The zero-order chi connectivity index (χ0) is 11.1. The number of fused-ring (bicyclic) bond motifs is 2. The molecule has 0 radical (unpaired) electrons. The topological polar surface area (TPSA) is 53.1 Å². The van der Waals surface area contributed by atoms with Crippen molar-refractivity contribution in [2.45, 2.75) is 31.6 Å². The van der Waals surface area contributed by atoms with Gasteiger partial charge in [0.2, 0.25) is 5.91 Å². The van der Waals surface area contributed by atoms with E-state index >= 15 is 0 Å². The van der Waals surface area contributed by atoms with E-state index in [0.29, 0.717) is 6.54 Å². The van der Waals surface area contributed by atoms with Gasteiger partial charge in [-0.2, -0.15) is 0 Å². The molecule has 0 aromatic carbocycles. The lowest BCUT2D eigenvalue weighted by atomic mass is 9.86. The molecule has 4 nitrogen and oxygen atoms in total. The first kappa shape index (κ1) is 10.3. The summed E-state index contributed by atoms with van der Waals surface area (Å²) in [7, 11) is 0. The standard InChI is InChI=1S/C12H17NO3/c14-11-8-3-1-2-4-9(5-8)12(15)13(11)6-10-7-16-10/h1,3,8-10,12,15H,2,4-7H2. The van der Waals surface area contributed by atoms with Gasteiger partial charge in [-0.15, -0.1) is 0 Å². The number of carbonyl (C=O) groups excluding carboxylic acids is 1. The van der Waals surface area contributed by atoms with Gasteiger partial charge in [0.05, 0.1) is 25.2 Å². The van der Waals surface area contributed by atoms with Crippen LogP contribution in [0.4, 0.5) is 0 Å². The minimum Gasteiger partial charge on any atom is -0.373 e. The summed E-state index contributed by atoms with van der Waals surface area (Å²) in [5.41, 5.74) is 0. The third-order valence-corrected chi connectivity index (χ3v) is 3.77. The highest BCUT2D eigenvalue weighted by molar-refractivity contribution is 5.81. The van der Waals surface area contributed by atoms with Gasteiger partial charge in [0, 0.05) is 5.92 Å². The predicted molar refractivity (Wildman–Crippen MR) is 57.4 cm³/mol. The number of amides is 1. The van der Waals surface area contributed by atoms with Crippen LogP contribution in [0.3, 0.4) is 0 Å². The van der Waals surface area contributed by atoms with E-state index in [4.69, 9.17) is 4.74 Å². The first-order valence-corrected chi connectivity index (χ1v) is 6.02. The Kier molecular flexibility index (Phi) is 2.48. The smallest absolute Gasteiger partial charge is 0.231 e. The first-order chi connectivity index (χ1) is 7.75. The number of nitrogens with zero attached hydrogens (tertiary/aromatic N) is 1. The van der Waals surface area contributed by atoms with E-state index in [1.807, 2.05) is 6.08 Å². The number of piperidine rings is 1. The summed E-state index contributed by atoms with van der Waals surface area (Å²) >= 11 is 0. The third-order valence-electron chi connectivity index (χ3n) is 3.77. The van der Waals surface area contributed by atoms with E-state index in [-0.39, 0.29) is 23.8 Å². The summed E-state index contributed by atoms with van der Waals surface area (Å²) in [6.07, 6.45) is 6.39. The van der Waals surface area contributed by atoms with Crippen molar-refractivity contribution in [3.05, 3.63) is 12.2 Å². The fourth-order valence-electron chi connectivity index (χ4n) is 2.74. The van der Waals surface area contributed by atoms with Crippen molar-refractivity contribution in [2.75, 3.05) is 13.2 Å². The second-order valence-electron chi connectivity index (χ2n) is 4.97. The van der Waals surface area contributed by atoms with Crippen LogP contribution in [0.2, 0.25) is 0 Å². The van der Waals surface area contributed by atoms with Gasteiger partial charge in [0.1, 0.15) is 6.23 Å². The van der Waals surface area contributed by atoms with E-state index in [2.05, 4.69) is 6.08 Å². The highest BCUT2D eigenvalue weighted by Gasteiger charge is 2.42. The van der Waals surface area contributed by atoms with Gasteiger partial charge in [0.15, 0.2) is 0 Å². The molecule has 0 aromatic rings. The zero-order valence-corrected chi connectivity index (χ0v) is 9.21. The van der Waals surface area contributed by atoms with Crippen LogP contribution in [0.15, 0.2) is 12.2 Å². The molecular weight excluding hydrogens is 206 g/mol. The number of carbonyl (C=O) groups is 1. The number of aliphatic hydroxyl groups excluding tert-OH is 1. The molecule has 2 saturated heterocycles. The molecule has 1 amide bonds.